The van der Waals surface area contributed by atoms with Crippen LogP contribution in [0.25, 0.3) is 5.65 Å². The molecule has 25 heavy (non-hydrogen) atoms. The third kappa shape index (κ3) is 2.91. The van der Waals surface area contributed by atoms with Gasteiger partial charge in [0.2, 0.25) is 0 Å². The number of hydrogen-bond acceptors (Lipinski definition) is 5. The molecule has 2 saturated heterocycles. The lowest BCUT2D eigenvalue weighted by Crippen LogP contribution is -2.47. The fraction of sp³-hybridized carbons (Fsp3) is 0.611. The van der Waals surface area contributed by atoms with Gasteiger partial charge in [-0.2, -0.15) is 5.10 Å². The van der Waals surface area contributed by atoms with Gasteiger partial charge in [0.05, 0.1) is 18.9 Å². The van der Waals surface area contributed by atoms with E-state index in [0.717, 1.165) is 51.5 Å². The fourth-order valence-electron chi connectivity index (χ4n) is 4.15. The van der Waals surface area contributed by atoms with Gasteiger partial charge in [-0.05, 0) is 18.9 Å². The van der Waals surface area contributed by atoms with Crippen molar-refractivity contribution in [2.24, 2.45) is 5.92 Å². The Labute approximate surface area is 147 Å². The molecule has 2 aliphatic heterocycles. The van der Waals surface area contributed by atoms with Crippen molar-refractivity contribution in [3.8, 4) is 0 Å². The minimum Gasteiger partial charge on any atom is -0.379 e. The molecule has 0 radical (unpaired) electrons. The van der Waals surface area contributed by atoms with Gasteiger partial charge in [-0.1, -0.05) is 13.3 Å². The number of hydrogen-bond donors (Lipinski definition) is 0. The quantitative estimate of drug-likeness (QED) is 0.839. The van der Waals surface area contributed by atoms with E-state index in [2.05, 4.69) is 21.9 Å². The van der Waals surface area contributed by atoms with Gasteiger partial charge in [-0.25, -0.2) is 9.50 Å². The summed E-state index contributed by atoms with van der Waals surface area (Å²) in [6.07, 6.45) is 4.63. The molecule has 7 heteroatoms. The number of amides is 1. The Morgan fingerprint density at radius 2 is 2.12 bits per heavy atom. The van der Waals surface area contributed by atoms with Crippen LogP contribution in [0.3, 0.4) is 0 Å². The lowest BCUT2D eigenvalue weighted by molar-refractivity contribution is 0.0103. The highest BCUT2D eigenvalue weighted by Crippen LogP contribution is 2.28. The third-order valence-corrected chi connectivity index (χ3v) is 5.52. The number of fused-ring (bicyclic) bond motifs is 1. The molecular weight excluding hydrogens is 318 g/mol. The number of morpholine rings is 1. The van der Waals surface area contributed by atoms with Crippen molar-refractivity contribution in [2.75, 3.05) is 39.4 Å². The molecular formula is C18H25N5O2. The van der Waals surface area contributed by atoms with Crippen LogP contribution in [0.5, 0.6) is 0 Å². The second kappa shape index (κ2) is 6.72. The first-order valence-electron chi connectivity index (χ1n) is 9.10. The normalized spacial score (nSPS) is 25.0. The number of ether oxygens (including phenoxy) is 1. The summed E-state index contributed by atoms with van der Waals surface area (Å²) in [6, 6.07) is 2.25. The molecule has 0 aliphatic carbocycles. The second-order valence-electron chi connectivity index (χ2n) is 6.94. The predicted octanol–water partition coefficient (Wildman–Crippen LogP) is 1.22. The Hall–Kier alpha value is -1.99. The standard InChI is InChI=1S/C18H25N5O2/c1-3-14-11-22(12-15(14)21-7-9-25-10-8-21)18(24)16-13(2)20-23-6-4-5-19-17(16)23/h4-6,14-15H,3,7-12H2,1-2H3/t14-,15+/m1/s1. The zero-order valence-corrected chi connectivity index (χ0v) is 14.9. The molecule has 0 spiro atoms. The maximum absolute atomic E-state index is 13.2. The largest absolute Gasteiger partial charge is 0.379 e. The number of nitrogens with zero attached hydrogens (tertiary/aromatic N) is 5. The van der Waals surface area contributed by atoms with E-state index in [-0.39, 0.29) is 5.91 Å². The maximum atomic E-state index is 13.2. The molecule has 0 bridgehead atoms. The van der Waals surface area contributed by atoms with Crippen LogP contribution < -0.4 is 0 Å². The molecule has 4 rings (SSSR count). The average Bonchev–Trinajstić information content (AvgIpc) is 3.22. The lowest BCUT2D eigenvalue weighted by Gasteiger charge is -2.34. The number of carbonyl (C=O) groups excluding carboxylic acids is 1. The van der Waals surface area contributed by atoms with E-state index in [9.17, 15) is 4.79 Å². The Morgan fingerprint density at radius 3 is 2.88 bits per heavy atom. The van der Waals surface area contributed by atoms with Crippen molar-refractivity contribution < 1.29 is 9.53 Å². The van der Waals surface area contributed by atoms with Crippen molar-refractivity contribution in [3.05, 3.63) is 29.7 Å². The zero-order valence-electron chi connectivity index (χ0n) is 14.9. The van der Waals surface area contributed by atoms with Crippen molar-refractivity contribution in [1.82, 2.24) is 24.4 Å². The van der Waals surface area contributed by atoms with Crippen molar-refractivity contribution in [1.29, 1.82) is 0 Å². The first kappa shape index (κ1) is 16.5. The summed E-state index contributed by atoms with van der Waals surface area (Å²) >= 11 is 0. The highest BCUT2D eigenvalue weighted by molar-refractivity contribution is 6.01. The van der Waals surface area contributed by atoms with Gasteiger partial charge in [-0.3, -0.25) is 9.69 Å². The number of aryl methyl sites for hydroxylation is 1. The predicted molar refractivity (Wildman–Crippen MR) is 93.6 cm³/mol. The van der Waals surface area contributed by atoms with E-state index < -0.39 is 0 Å². The van der Waals surface area contributed by atoms with Gasteiger partial charge in [-0.15, -0.1) is 0 Å². The SMILES string of the molecule is CC[C@@H]1CN(C(=O)c2c(C)nn3cccnc23)C[C@@H]1N1CCOCC1. The minimum absolute atomic E-state index is 0.0559. The van der Waals surface area contributed by atoms with E-state index in [0.29, 0.717) is 23.2 Å². The van der Waals surface area contributed by atoms with E-state index in [1.165, 1.54) is 0 Å². The molecule has 2 aromatic heterocycles. The molecule has 0 unspecified atom stereocenters. The lowest BCUT2D eigenvalue weighted by atomic mass is 9.99. The Balaban J connectivity index is 1.59. The molecule has 134 valence electrons. The fourth-order valence-corrected chi connectivity index (χ4v) is 4.15. The van der Waals surface area contributed by atoms with E-state index in [1.807, 2.05) is 24.1 Å². The van der Waals surface area contributed by atoms with E-state index in [1.54, 1.807) is 10.7 Å². The highest BCUT2D eigenvalue weighted by atomic mass is 16.5. The molecule has 2 aromatic rings. The van der Waals surface area contributed by atoms with Crippen LogP contribution in [0, 0.1) is 12.8 Å². The van der Waals surface area contributed by atoms with Crippen molar-refractivity contribution in [2.45, 2.75) is 26.3 Å². The van der Waals surface area contributed by atoms with Gasteiger partial charge in [0, 0.05) is 44.6 Å². The van der Waals surface area contributed by atoms with Gasteiger partial charge in [0.25, 0.3) is 5.91 Å². The van der Waals surface area contributed by atoms with Gasteiger partial charge >= 0.3 is 0 Å². The van der Waals surface area contributed by atoms with Crippen LogP contribution in [0.1, 0.15) is 29.4 Å². The van der Waals surface area contributed by atoms with E-state index in [4.69, 9.17) is 4.74 Å². The molecule has 0 N–H and O–H groups in total. The van der Waals surface area contributed by atoms with Gasteiger partial charge in [0.1, 0.15) is 5.56 Å². The molecule has 1 amide bonds. The Kier molecular flexibility index (Phi) is 4.43. The number of carbonyl (C=O) groups is 1. The van der Waals surface area contributed by atoms with Gasteiger partial charge < -0.3 is 9.64 Å². The first-order chi connectivity index (χ1) is 12.2. The number of aromatic nitrogens is 3. The van der Waals surface area contributed by atoms with Crippen molar-refractivity contribution in [3.63, 3.8) is 0 Å². The van der Waals surface area contributed by atoms with Crippen molar-refractivity contribution >= 4 is 11.6 Å². The summed E-state index contributed by atoms with van der Waals surface area (Å²) in [5, 5.41) is 4.43. The van der Waals surface area contributed by atoms with Crippen LogP contribution in [-0.2, 0) is 4.74 Å². The third-order valence-electron chi connectivity index (χ3n) is 5.52. The molecule has 0 saturated carbocycles. The van der Waals surface area contributed by atoms with Crippen LogP contribution in [-0.4, -0.2) is 75.7 Å². The molecule has 4 heterocycles. The molecule has 2 aliphatic rings. The number of likely N-dealkylation sites (tertiary alicyclic amines) is 1. The topological polar surface area (TPSA) is 63.0 Å². The highest BCUT2D eigenvalue weighted by Gasteiger charge is 2.39. The van der Waals surface area contributed by atoms with Gasteiger partial charge in [0.15, 0.2) is 5.65 Å². The first-order valence-corrected chi connectivity index (χ1v) is 9.10. The summed E-state index contributed by atoms with van der Waals surface area (Å²) in [6.45, 7) is 9.18. The molecule has 0 aromatic carbocycles. The van der Waals surface area contributed by atoms with Crippen LogP contribution >= 0.6 is 0 Å². The second-order valence-corrected chi connectivity index (χ2v) is 6.94. The summed E-state index contributed by atoms with van der Waals surface area (Å²) < 4.78 is 7.17. The molecule has 2 atom stereocenters. The smallest absolute Gasteiger partial charge is 0.259 e. The van der Waals surface area contributed by atoms with Crippen LogP contribution in [0.2, 0.25) is 0 Å². The maximum Gasteiger partial charge on any atom is 0.259 e. The summed E-state index contributed by atoms with van der Waals surface area (Å²) in [4.78, 5) is 22.1. The van der Waals surface area contributed by atoms with Crippen LogP contribution in [0.4, 0.5) is 0 Å². The molecule has 7 nitrogen and oxygen atoms in total. The monoisotopic (exact) mass is 343 g/mol. The Morgan fingerprint density at radius 1 is 1.32 bits per heavy atom. The summed E-state index contributed by atoms with van der Waals surface area (Å²) in [7, 11) is 0. The molecule has 2 fully saturated rings. The summed E-state index contributed by atoms with van der Waals surface area (Å²) in [5.74, 6) is 0.567. The Bertz CT molecular complexity index is 768. The minimum atomic E-state index is 0.0559. The number of rotatable bonds is 3. The van der Waals surface area contributed by atoms with Crippen LogP contribution in [0.15, 0.2) is 18.5 Å². The average molecular weight is 343 g/mol. The summed E-state index contributed by atoms with van der Waals surface area (Å²) in [5.41, 5.74) is 2.03. The van der Waals surface area contributed by atoms with E-state index >= 15 is 0 Å². The zero-order chi connectivity index (χ0) is 17.4.